The van der Waals surface area contributed by atoms with Gasteiger partial charge < -0.3 is 9.84 Å². The van der Waals surface area contributed by atoms with Gasteiger partial charge in [0.15, 0.2) is 0 Å². The summed E-state index contributed by atoms with van der Waals surface area (Å²) < 4.78 is 33.0. The van der Waals surface area contributed by atoms with Crippen LogP contribution in [0.25, 0.3) is 0 Å². The molecular weight excluding hydrogens is 284 g/mol. The van der Waals surface area contributed by atoms with E-state index in [2.05, 4.69) is 4.72 Å². The number of ether oxygens (including phenoxy) is 1. The summed E-state index contributed by atoms with van der Waals surface area (Å²) in [6, 6.07) is 0. The Morgan fingerprint density at radius 1 is 1.35 bits per heavy atom. The molecule has 0 radical (unpaired) electrons. The maximum atomic E-state index is 12.3. The number of rotatable bonds is 8. The van der Waals surface area contributed by atoms with E-state index in [-0.39, 0.29) is 19.6 Å². The van der Waals surface area contributed by atoms with Crippen molar-refractivity contribution in [3.05, 3.63) is 0 Å². The molecule has 0 aromatic carbocycles. The molecule has 0 unspecified atom stereocenters. The zero-order chi connectivity index (χ0) is 15.2. The van der Waals surface area contributed by atoms with E-state index in [1.165, 1.54) is 18.5 Å². The fraction of sp³-hybridized carbons (Fsp3) is 0.917. The van der Waals surface area contributed by atoms with E-state index in [0.29, 0.717) is 12.8 Å². The first kappa shape index (κ1) is 17.4. The Morgan fingerprint density at radius 2 is 1.95 bits per heavy atom. The largest absolute Gasteiger partial charge is 0.481 e. The van der Waals surface area contributed by atoms with Crippen molar-refractivity contribution >= 4 is 16.2 Å². The Labute approximate surface area is 120 Å². The molecule has 0 aromatic heterocycles. The molecule has 1 saturated carbocycles. The normalized spacial score (nSPS) is 19.1. The summed E-state index contributed by atoms with van der Waals surface area (Å²) in [4.78, 5) is 11.1. The Kier molecular flexibility index (Phi) is 6.38. The molecule has 1 aliphatic carbocycles. The average molecular weight is 308 g/mol. The molecular formula is C12H24N2O5S. The summed E-state index contributed by atoms with van der Waals surface area (Å²) in [7, 11) is -0.743. The molecule has 0 atom stereocenters. The molecule has 118 valence electrons. The molecule has 0 aromatic rings. The van der Waals surface area contributed by atoms with Gasteiger partial charge in [0, 0.05) is 26.2 Å². The molecule has 1 aliphatic rings. The smallest absolute Gasteiger partial charge is 0.305 e. The van der Waals surface area contributed by atoms with E-state index in [0.717, 1.165) is 19.3 Å². The highest BCUT2D eigenvalue weighted by Crippen LogP contribution is 2.37. The maximum absolute atomic E-state index is 12.3. The lowest BCUT2D eigenvalue weighted by atomic mass is 9.79. The van der Waals surface area contributed by atoms with Gasteiger partial charge in [0.2, 0.25) is 0 Å². The SMILES string of the molecule is COCCNS(=O)(=O)N(C)C1(CC(=O)O)CCCCC1. The van der Waals surface area contributed by atoms with Crippen LogP contribution in [0.4, 0.5) is 0 Å². The van der Waals surface area contributed by atoms with Crippen LogP contribution < -0.4 is 4.72 Å². The van der Waals surface area contributed by atoms with Gasteiger partial charge in [-0.25, -0.2) is 0 Å². The van der Waals surface area contributed by atoms with Crippen molar-refractivity contribution < 1.29 is 23.1 Å². The second-order valence-electron chi connectivity index (χ2n) is 5.22. The van der Waals surface area contributed by atoms with Crippen LogP contribution >= 0.6 is 0 Å². The molecule has 0 spiro atoms. The fourth-order valence-electron chi connectivity index (χ4n) is 2.72. The monoisotopic (exact) mass is 308 g/mol. The molecule has 0 saturated heterocycles. The van der Waals surface area contributed by atoms with Gasteiger partial charge in [-0.05, 0) is 12.8 Å². The number of carboxylic acids is 1. The average Bonchev–Trinajstić information content (AvgIpc) is 2.38. The van der Waals surface area contributed by atoms with Crippen LogP contribution in [-0.2, 0) is 19.7 Å². The van der Waals surface area contributed by atoms with Crippen LogP contribution in [0.3, 0.4) is 0 Å². The lowest BCUT2D eigenvalue weighted by Gasteiger charge is -2.42. The summed E-state index contributed by atoms with van der Waals surface area (Å²) in [6.45, 7) is 0.450. The van der Waals surface area contributed by atoms with E-state index in [1.54, 1.807) is 0 Å². The highest BCUT2D eigenvalue weighted by molar-refractivity contribution is 7.87. The van der Waals surface area contributed by atoms with E-state index < -0.39 is 21.7 Å². The van der Waals surface area contributed by atoms with Gasteiger partial charge in [0.25, 0.3) is 10.2 Å². The van der Waals surface area contributed by atoms with E-state index in [9.17, 15) is 13.2 Å². The molecule has 0 heterocycles. The lowest BCUT2D eigenvalue weighted by molar-refractivity contribution is -0.140. The summed E-state index contributed by atoms with van der Waals surface area (Å²) in [5.74, 6) is -0.967. The van der Waals surface area contributed by atoms with Crippen molar-refractivity contribution in [2.24, 2.45) is 0 Å². The van der Waals surface area contributed by atoms with Gasteiger partial charge in [-0.3, -0.25) is 4.79 Å². The molecule has 0 amide bonds. The van der Waals surface area contributed by atoms with Crippen molar-refractivity contribution in [2.75, 3.05) is 27.3 Å². The quantitative estimate of drug-likeness (QED) is 0.639. The molecule has 0 bridgehead atoms. The van der Waals surface area contributed by atoms with Gasteiger partial charge in [0.1, 0.15) is 0 Å². The van der Waals surface area contributed by atoms with Crippen LogP contribution in [0.5, 0.6) is 0 Å². The number of methoxy groups -OCH3 is 1. The Hall–Kier alpha value is -0.700. The second kappa shape index (κ2) is 7.35. The van der Waals surface area contributed by atoms with Crippen LogP contribution in [0.2, 0.25) is 0 Å². The molecule has 1 rings (SSSR count). The molecule has 0 aliphatic heterocycles. The molecule has 7 nitrogen and oxygen atoms in total. The number of hydrogen-bond donors (Lipinski definition) is 2. The van der Waals surface area contributed by atoms with Gasteiger partial charge in [0.05, 0.1) is 13.0 Å². The first-order valence-electron chi connectivity index (χ1n) is 6.78. The predicted octanol–water partition coefficient (Wildman–Crippen LogP) is 0.577. The third-order valence-electron chi connectivity index (χ3n) is 3.88. The molecule has 1 fully saturated rings. The highest BCUT2D eigenvalue weighted by Gasteiger charge is 2.43. The predicted molar refractivity (Wildman–Crippen MR) is 74.6 cm³/mol. The molecule has 20 heavy (non-hydrogen) atoms. The minimum atomic E-state index is -3.70. The van der Waals surface area contributed by atoms with Crippen LogP contribution in [0.1, 0.15) is 38.5 Å². The Bertz CT molecular complexity index is 418. The second-order valence-corrected chi connectivity index (χ2v) is 7.00. The minimum absolute atomic E-state index is 0.158. The van der Waals surface area contributed by atoms with Crippen molar-refractivity contribution in [3.63, 3.8) is 0 Å². The number of carbonyl (C=O) groups is 1. The van der Waals surface area contributed by atoms with Crippen molar-refractivity contribution in [1.29, 1.82) is 0 Å². The summed E-state index contributed by atoms with van der Waals surface area (Å²) in [6.07, 6.45) is 3.74. The molecule has 2 N–H and O–H groups in total. The zero-order valence-corrected chi connectivity index (χ0v) is 12.9. The number of nitrogens with one attached hydrogen (secondary N) is 1. The number of carboxylic acid groups (broad SMARTS) is 1. The van der Waals surface area contributed by atoms with E-state index in [1.807, 2.05) is 0 Å². The Morgan fingerprint density at radius 3 is 2.45 bits per heavy atom. The zero-order valence-electron chi connectivity index (χ0n) is 12.1. The third-order valence-corrected chi connectivity index (χ3v) is 5.56. The fourth-order valence-corrected chi connectivity index (χ4v) is 4.01. The summed E-state index contributed by atoms with van der Waals surface area (Å²) in [5.41, 5.74) is -0.816. The van der Waals surface area contributed by atoms with Crippen molar-refractivity contribution in [2.45, 2.75) is 44.1 Å². The number of aliphatic carboxylic acids is 1. The lowest BCUT2D eigenvalue weighted by Crippen LogP contribution is -2.55. The first-order valence-corrected chi connectivity index (χ1v) is 8.22. The third kappa shape index (κ3) is 4.41. The van der Waals surface area contributed by atoms with E-state index >= 15 is 0 Å². The molecule has 8 heteroatoms. The number of nitrogens with zero attached hydrogens (tertiary/aromatic N) is 1. The van der Waals surface area contributed by atoms with Crippen molar-refractivity contribution in [1.82, 2.24) is 9.03 Å². The maximum Gasteiger partial charge on any atom is 0.305 e. The van der Waals surface area contributed by atoms with E-state index in [4.69, 9.17) is 9.84 Å². The van der Waals surface area contributed by atoms with Gasteiger partial charge in [-0.1, -0.05) is 19.3 Å². The summed E-state index contributed by atoms with van der Waals surface area (Å²) in [5, 5.41) is 9.10. The summed E-state index contributed by atoms with van der Waals surface area (Å²) >= 11 is 0. The van der Waals surface area contributed by atoms with Crippen LogP contribution in [0, 0.1) is 0 Å². The standard InChI is InChI=1S/C12H24N2O5S/c1-14(20(17,18)13-8-9-19-2)12(10-11(15)16)6-4-3-5-7-12/h13H,3-10H2,1-2H3,(H,15,16). The highest BCUT2D eigenvalue weighted by atomic mass is 32.2. The van der Waals surface area contributed by atoms with Gasteiger partial charge in [-0.15, -0.1) is 0 Å². The first-order chi connectivity index (χ1) is 9.34. The van der Waals surface area contributed by atoms with Crippen LogP contribution in [0.15, 0.2) is 0 Å². The van der Waals surface area contributed by atoms with Crippen molar-refractivity contribution in [3.8, 4) is 0 Å². The van der Waals surface area contributed by atoms with Gasteiger partial charge in [-0.2, -0.15) is 17.4 Å². The number of hydrogen-bond acceptors (Lipinski definition) is 4. The minimum Gasteiger partial charge on any atom is -0.481 e. The Balaban J connectivity index is 2.86. The van der Waals surface area contributed by atoms with Crippen LogP contribution in [-0.4, -0.2) is 56.6 Å². The van der Waals surface area contributed by atoms with Gasteiger partial charge >= 0.3 is 5.97 Å². The topological polar surface area (TPSA) is 95.9 Å².